The minimum Gasteiger partial charge on any atom is -0.481 e. The van der Waals surface area contributed by atoms with E-state index in [1.165, 1.54) is 0 Å². The van der Waals surface area contributed by atoms with Crippen LogP contribution in [0.3, 0.4) is 0 Å². The van der Waals surface area contributed by atoms with Crippen molar-refractivity contribution in [3.8, 4) is 0 Å². The second-order valence-corrected chi connectivity index (χ2v) is 5.87. The molecule has 4 heteroatoms. The molecule has 1 fully saturated rings. The zero-order valence-electron chi connectivity index (χ0n) is 11.9. The fourth-order valence-electron chi connectivity index (χ4n) is 2.18. The van der Waals surface area contributed by atoms with E-state index in [9.17, 15) is 4.79 Å². The molecule has 1 rings (SSSR count). The lowest BCUT2D eigenvalue weighted by Gasteiger charge is -2.34. The summed E-state index contributed by atoms with van der Waals surface area (Å²) in [5.74, 6) is -0.710. The fraction of sp³-hybridized carbons (Fsp3) is 0.929. The number of carbonyl (C=O) groups is 1. The largest absolute Gasteiger partial charge is 0.481 e. The van der Waals surface area contributed by atoms with Crippen LogP contribution < -0.4 is 0 Å². The Morgan fingerprint density at radius 3 is 2.83 bits per heavy atom. The zero-order chi connectivity index (χ0) is 13.6. The van der Waals surface area contributed by atoms with Gasteiger partial charge in [0.15, 0.2) is 0 Å². The molecule has 1 aliphatic heterocycles. The predicted octanol–water partition coefficient (Wildman–Crippen LogP) is 2.38. The molecule has 0 aromatic rings. The van der Waals surface area contributed by atoms with Crippen LogP contribution >= 0.6 is 0 Å². The third kappa shape index (κ3) is 4.94. The van der Waals surface area contributed by atoms with E-state index in [0.717, 1.165) is 45.5 Å². The fourth-order valence-corrected chi connectivity index (χ4v) is 2.18. The average molecular weight is 257 g/mol. The zero-order valence-corrected chi connectivity index (χ0v) is 11.9. The lowest BCUT2D eigenvalue weighted by atomic mass is 9.89. The van der Waals surface area contributed by atoms with Crippen molar-refractivity contribution in [2.24, 2.45) is 5.41 Å². The summed E-state index contributed by atoms with van der Waals surface area (Å²) < 4.78 is 5.78. The van der Waals surface area contributed by atoms with Crippen LogP contribution in [0.4, 0.5) is 0 Å². The summed E-state index contributed by atoms with van der Waals surface area (Å²) in [5.41, 5.74) is -0.628. The summed E-state index contributed by atoms with van der Waals surface area (Å²) in [6, 6.07) is 0. The van der Waals surface area contributed by atoms with E-state index in [1.807, 2.05) is 0 Å². The lowest BCUT2D eigenvalue weighted by Crippen LogP contribution is -2.42. The Balaban J connectivity index is 2.32. The molecule has 0 spiro atoms. The Bertz CT molecular complexity index is 266. The molecular weight excluding hydrogens is 230 g/mol. The molecule has 0 aliphatic carbocycles. The molecule has 1 atom stereocenters. The van der Waals surface area contributed by atoms with E-state index in [0.29, 0.717) is 12.5 Å². The summed E-state index contributed by atoms with van der Waals surface area (Å²) >= 11 is 0. The number of piperidine rings is 1. The molecule has 1 saturated heterocycles. The van der Waals surface area contributed by atoms with E-state index in [1.54, 1.807) is 13.8 Å². The molecule has 0 aromatic heterocycles. The maximum atomic E-state index is 11.1. The van der Waals surface area contributed by atoms with E-state index >= 15 is 0 Å². The monoisotopic (exact) mass is 257 g/mol. The number of aliphatic carboxylic acids is 1. The summed E-state index contributed by atoms with van der Waals surface area (Å²) in [5, 5.41) is 9.10. The van der Waals surface area contributed by atoms with Gasteiger partial charge in [0.1, 0.15) is 0 Å². The van der Waals surface area contributed by atoms with Gasteiger partial charge in [0, 0.05) is 13.2 Å². The number of carboxylic acids is 1. The summed E-state index contributed by atoms with van der Waals surface area (Å²) in [4.78, 5) is 13.4. The van der Waals surface area contributed by atoms with Crippen LogP contribution in [0.25, 0.3) is 0 Å². The predicted molar refractivity (Wildman–Crippen MR) is 71.7 cm³/mol. The van der Waals surface area contributed by atoms with Gasteiger partial charge in [0.2, 0.25) is 0 Å². The molecule has 0 saturated carbocycles. The Morgan fingerprint density at radius 2 is 2.22 bits per heavy atom. The van der Waals surface area contributed by atoms with Crippen LogP contribution in [0.5, 0.6) is 0 Å². The van der Waals surface area contributed by atoms with Crippen LogP contribution in [0.1, 0.15) is 46.5 Å². The minimum atomic E-state index is -0.710. The number of likely N-dealkylation sites (tertiary alicyclic amines) is 1. The molecule has 106 valence electrons. The highest BCUT2D eigenvalue weighted by Crippen LogP contribution is 2.22. The summed E-state index contributed by atoms with van der Waals surface area (Å²) in [6.07, 6.45) is 4.39. The lowest BCUT2D eigenvalue weighted by molar-refractivity contribution is -0.147. The van der Waals surface area contributed by atoms with Crippen molar-refractivity contribution in [1.29, 1.82) is 0 Å². The minimum absolute atomic E-state index is 0.339. The smallest absolute Gasteiger partial charge is 0.309 e. The van der Waals surface area contributed by atoms with Gasteiger partial charge in [-0.1, -0.05) is 6.92 Å². The van der Waals surface area contributed by atoms with Gasteiger partial charge in [-0.15, -0.1) is 0 Å². The normalized spacial score (nSPS) is 22.1. The highest BCUT2D eigenvalue weighted by Gasteiger charge is 2.28. The molecule has 0 radical (unpaired) electrons. The molecule has 0 amide bonds. The van der Waals surface area contributed by atoms with Crippen LogP contribution in [-0.2, 0) is 9.53 Å². The standard InChI is InChI=1S/C14H27NO3/c1-4-10-18-12-6-5-8-15(11-12)9-7-14(2,3)13(16)17/h12H,4-11H2,1-3H3,(H,16,17). The maximum absolute atomic E-state index is 11.1. The van der Waals surface area contributed by atoms with E-state index < -0.39 is 11.4 Å². The first-order chi connectivity index (χ1) is 8.45. The van der Waals surface area contributed by atoms with Crippen LogP contribution in [0.2, 0.25) is 0 Å². The quantitative estimate of drug-likeness (QED) is 0.760. The number of nitrogens with zero attached hydrogens (tertiary/aromatic N) is 1. The molecular formula is C14H27NO3. The molecule has 1 heterocycles. The summed E-state index contributed by atoms with van der Waals surface area (Å²) in [6.45, 7) is 9.42. The Hall–Kier alpha value is -0.610. The van der Waals surface area contributed by atoms with Crippen LogP contribution in [0, 0.1) is 5.41 Å². The van der Waals surface area contributed by atoms with Crippen molar-refractivity contribution >= 4 is 5.97 Å². The van der Waals surface area contributed by atoms with Crippen molar-refractivity contribution in [3.05, 3.63) is 0 Å². The highest BCUT2D eigenvalue weighted by atomic mass is 16.5. The molecule has 1 N–H and O–H groups in total. The molecule has 18 heavy (non-hydrogen) atoms. The Morgan fingerprint density at radius 1 is 1.50 bits per heavy atom. The second-order valence-electron chi connectivity index (χ2n) is 5.87. The third-order valence-corrected chi connectivity index (χ3v) is 3.65. The maximum Gasteiger partial charge on any atom is 0.309 e. The van der Waals surface area contributed by atoms with E-state index in [2.05, 4.69) is 11.8 Å². The Labute approximate surface area is 110 Å². The van der Waals surface area contributed by atoms with Crippen molar-refractivity contribution < 1.29 is 14.6 Å². The van der Waals surface area contributed by atoms with Crippen LogP contribution in [0.15, 0.2) is 0 Å². The van der Waals surface area contributed by atoms with Gasteiger partial charge < -0.3 is 14.7 Å². The third-order valence-electron chi connectivity index (χ3n) is 3.65. The Kier molecular flexibility index (Phi) is 6.09. The first kappa shape index (κ1) is 15.4. The molecule has 1 aliphatic rings. The molecule has 1 unspecified atom stereocenters. The van der Waals surface area contributed by atoms with Crippen molar-refractivity contribution in [1.82, 2.24) is 4.90 Å². The number of carboxylic acid groups (broad SMARTS) is 1. The van der Waals surface area contributed by atoms with Crippen molar-refractivity contribution in [2.75, 3.05) is 26.2 Å². The van der Waals surface area contributed by atoms with Crippen molar-refractivity contribution in [3.63, 3.8) is 0 Å². The number of rotatable bonds is 7. The van der Waals surface area contributed by atoms with Crippen LogP contribution in [-0.4, -0.2) is 48.3 Å². The van der Waals surface area contributed by atoms with Gasteiger partial charge in [-0.3, -0.25) is 4.79 Å². The van der Waals surface area contributed by atoms with Gasteiger partial charge in [-0.05, 0) is 52.6 Å². The van der Waals surface area contributed by atoms with Gasteiger partial charge in [-0.2, -0.15) is 0 Å². The van der Waals surface area contributed by atoms with Gasteiger partial charge in [-0.25, -0.2) is 0 Å². The van der Waals surface area contributed by atoms with Gasteiger partial charge >= 0.3 is 5.97 Å². The first-order valence-electron chi connectivity index (χ1n) is 7.03. The van der Waals surface area contributed by atoms with E-state index in [4.69, 9.17) is 9.84 Å². The molecule has 0 aromatic carbocycles. The molecule has 0 bridgehead atoms. The van der Waals surface area contributed by atoms with Gasteiger partial charge in [0.05, 0.1) is 11.5 Å². The number of hydrogen-bond donors (Lipinski definition) is 1. The summed E-state index contributed by atoms with van der Waals surface area (Å²) in [7, 11) is 0. The topological polar surface area (TPSA) is 49.8 Å². The first-order valence-corrected chi connectivity index (χ1v) is 7.03. The molecule has 4 nitrogen and oxygen atoms in total. The number of hydrogen-bond acceptors (Lipinski definition) is 3. The SMILES string of the molecule is CCCOC1CCCN(CCC(C)(C)C(=O)O)C1. The highest BCUT2D eigenvalue weighted by molar-refractivity contribution is 5.73. The van der Waals surface area contributed by atoms with Crippen molar-refractivity contribution in [2.45, 2.75) is 52.6 Å². The average Bonchev–Trinajstić information content (AvgIpc) is 2.34. The van der Waals surface area contributed by atoms with E-state index in [-0.39, 0.29) is 0 Å². The second kappa shape index (κ2) is 7.10. The number of ether oxygens (including phenoxy) is 1. The van der Waals surface area contributed by atoms with Gasteiger partial charge in [0.25, 0.3) is 0 Å².